The molecule has 1 saturated heterocycles. The van der Waals surface area contributed by atoms with Crippen molar-refractivity contribution in [2.24, 2.45) is 0 Å². The Morgan fingerprint density at radius 2 is 1.85 bits per heavy atom. The molecule has 3 aromatic rings. The molecule has 1 amide bonds. The summed E-state index contributed by atoms with van der Waals surface area (Å²) < 4.78 is 20.6. The highest BCUT2D eigenvalue weighted by Gasteiger charge is 2.33. The van der Waals surface area contributed by atoms with Crippen LogP contribution in [0.5, 0.6) is 0 Å². The number of halogens is 1. The molecule has 0 radical (unpaired) electrons. The predicted octanol–water partition coefficient (Wildman–Crippen LogP) is 4.17. The molecule has 0 aliphatic carbocycles. The second kappa shape index (κ2) is 11.3. The van der Waals surface area contributed by atoms with E-state index in [1.807, 2.05) is 34.9 Å². The summed E-state index contributed by atoms with van der Waals surface area (Å²) in [5.41, 5.74) is 1.79. The first-order valence-corrected chi connectivity index (χ1v) is 12.4. The topological polar surface area (TPSA) is 77.3 Å². The van der Waals surface area contributed by atoms with Crippen LogP contribution in [0.15, 0.2) is 59.8 Å². The number of likely N-dealkylation sites (tertiary alicyclic amines) is 1. The standard InChI is InChI=1S/C25H27FN4O3S/c1-2-33-24(32)21-10-6-7-15-29(21)22(31)17-34-25-28-27-23(19-11-13-20(26)14-12-19)30(25)16-18-8-4-3-5-9-18/h3-5,8-9,11-14,21H,2,6-7,10,15-17H2,1H3/t21-/m0/s1. The number of aromatic nitrogens is 3. The highest BCUT2D eigenvalue weighted by atomic mass is 32.2. The van der Waals surface area contributed by atoms with Gasteiger partial charge in [0.05, 0.1) is 18.9 Å². The molecule has 0 unspecified atom stereocenters. The van der Waals surface area contributed by atoms with E-state index in [0.717, 1.165) is 24.0 Å². The van der Waals surface area contributed by atoms with Gasteiger partial charge in [-0.2, -0.15) is 0 Å². The summed E-state index contributed by atoms with van der Waals surface area (Å²) >= 11 is 1.29. The van der Waals surface area contributed by atoms with E-state index in [-0.39, 0.29) is 23.4 Å². The zero-order valence-electron chi connectivity index (χ0n) is 19.0. The van der Waals surface area contributed by atoms with Crippen molar-refractivity contribution in [3.63, 3.8) is 0 Å². The summed E-state index contributed by atoms with van der Waals surface area (Å²) in [6.45, 7) is 3.11. The predicted molar refractivity (Wildman–Crippen MR) is 128 cm³/mol. The average Bonchev–Trinajstić information content (AvgIpc) is 3.26. The zero-order chi connectivity index (χ0) is 23.9. The number of nitrogens with zero attached hydrogens (tertiary/aromatic N) is 4. The van der Waals surface area contributed by atoms with E-state index in [0.29, 0.717) is 37.1 Å². The minimum absolute atomic E-state index is 0.125. The van der Waals surface area contributed by atoms with Gasteiger partial charge in [0.15, 0.2) is 11.0 Å². The summed E-state index contributed by atoms with van der Waals surface area (Å²) in [7, 11) is 0. The maximum atomic E-state index is 13.5. The molecule has 7 nitrogen and oxygen atoms in total. The fraction of sp³-hybridized carbons (Fsp3) is 0.360. The number of carbonyl (C=O) groups excluding carboxylic acids is 2. The molecule has 0 bridgehead atoms. The minimum atomic E-state index is -0.529. The van der Waals surface area contributed by atoms with Crippen molar-refractivity contribution in [2.45, 2.75) is 43.9 Å². The highest BCUT2D eigenvalue weighted by molar-refractivity contribution is 7.99. The van der Waals surface area contributed by atoms with Crippen LogP contribution in [0.1, 0.15) is 31.7 Å². The molecule has 9 heteroatoms. The lowest BCUT2D eigenvalue weighted by Crippen LogP contribution is -2.49. The summed E-state index contributed by atoms with van der Waals surface area (Å²) in [4.78, 5) is 27.1. The van der Waals surface area contributed by atoms with Crippen molar-refractivity contribution in [3.8, 4) is 11.4 Å². The number of amides is 1. The molecule has 4 rings (SSSR count). The molecule has 1 aliphatic rings. The molecule has 2 aromatic carbocycles. The average molecular weight is 483 g/mol. The molecule has 0 saturated carbocycles. The number of rotatable bonds is 8. The largest absolute Gasteiger partial charge is 0.464 e. The highest BCUT2D eigenvalue weighted by Crippen LogP contribution is 2.27. The summed E-state index contributed by atoms with van der Waals surface area (Å²) in [6.07, 6.45) is 2.38. The molecule has 1 atom stereocenters. The number of carbonyl (C=O) groups is 2. The monoisotopic (exact) mass is 482 g/mol. The first kappa shape index (κ1) is 23.9. The number of piperidine rings is 1. The van der Waals surface area contributed by atoms with E-state index in [9.17, 15) is 14.0 Å². The molecule has 34 heavy (non-hydrogen) atoms. The lowest BCUT2D eigenvalue weighted by atomic mass is 10.0. The Balaban J connectivity index is 1.54. The van der Waals surface area contributed by atoms with Gasteiger partial charge in [0, 0.05) is 12.1 Å². The lowest BCUT2D eigenvalue weighted by molar-refractivity contribution is -0.155. The Morgan fingerprint density at radius 1 is 1.09 bits per heavy atom. The van der Waals surface area contributed by atoms with E-state index < -0.39 is 6.04 Å². The number of esters is 1. The number of thioether (sulfide) groups is 1. The fourth-order valence-corrected chi connectivity index (χ4v) is 4.86. The third-order valence-corrected chi connectivity index (χ3v) is 6.66. The number of hydrogen-bond donors (Lipinski definition) is 0. The Kier molecular flexibility index (Phi) is 7.95. The molecule has 1 fully saturated rings. The molecule has 2 heterocycles. The Hall–Kier alpha value is -3.20. The lowest BCUT2D eigenvalue weighted by Gasteiger charge is -2.33. The zero-order valence-corrected chi connectivity index (χ0v) is 19.8. The maximum Gasteiger partial charge on any atom is 0.328 e. The second-order valence-corrected chi connectivity index (χ2v) is 8.97. The molecule has 1 aliphatic heterocycles. The van der Waals surface area contributed by atoms with Crippen molar-refractivity contribution >= 4 is 23.6 Å². The van der Waals surface area contributed by atoms with Gasteiger partial charge in [-0.1, -0.05) is 42.1 Å². The first-order valence-electron chi connectivity index (χ1n) is 11.4. The van der Waals surface area contributed by atoms with Gasteiger partial charge in [0.1, 0.15) is 11.9 Å². The quantitative estimate of drug-likeness (QED) is 0.354. The molecule has 178 valence electrons. The normalized spacial score (nSPS) is 15.8. The van der Waals surface area contributed by atoms with Gasteiger partial charge < -0.3 is 9.64 Å². The third kappa shape index (κ3) is 5.64. The van der Waals surface area contributed by atoms with Gasteiger partial charge in [0.2, 0.25) is 5.91 Å². The van der Waals surface area contributed by atoms with Gasteiger partial charge in [-0.05, 0) is 56.0 Å². The fourth-order valence-electron chi connectivity index (χ4n) is 4.04. The van der Waals surface area contributed by atoms with E-state index in [1.165, 1.54) is 23.9 Å². The van der Waals surface area contributed by atoms with E-state index in [1.54, 1.807) is 24.0 Å². The van der Waals surface area contributed by atoms with E-state index in [4.69, 9.17) is 4.74 Å². The van der Waals surface area contributed by atoms with Crippen LogP contribution in [0.3, 0.4) is 0 Å². The van der Waals surface area contributed by atoms with Gasteiger partial charge >= 0.3 is 5.97 Å². The second-order valence-electron chi connectivity index (χ2n) is 8.02. The Labute approximate surface area is 202 Å². The van der Waals surface area contributed by atoms with Crippen LogP contribution in [0.4, 0.5) is 4.39 Å². The summed E-state index contributed by atoms with van der Waals surface area (Å²) in [6, 6.07) is 15.5. The molecular weight excluding hydrogens is 455 g/mol. The minimum Gasteiger partial charge on any atom is -0.464 e. The third-order valence-electron chi connectivity index (χ3n) is 5.71. The number of benzene rings is 2. The van der Waals surface area contributed by atoms with Gasteiger partial charge in [0.25, 0.3) is 0 Å². The van der Waals surface area contributed by atoms with Crippen molar-refractivity contribution in [3.05, 3.63) is 66.0 Å². The van der Waals surface area contributed by atoms with E-state index >= 15 is 0 Å². The van der Waals surface area contributed by atoms with Crippen LogP contribution in [0.2, 0.25) is 0 Å². The van der Waals surface area contributed by atoms with Crippen LogP contribution >= 0.6 is 11.8 Å². The van der Waals surface area contributed by atoms with Crippen LogP contribution in [-0.2, 0) is 20.9 Å². The summed E-state index contributed by atoms with van der Waals surface area (Å²) in [5, 5.41) is 9.26. The van der Waals surface area contributed by atoms with Crippen LogP contribution in [0.25, 0.3) is 11.4 Å². The smallest absolute Gasteiger partial charge is 0.328 e. The molecule has 1 aromatic heterocycles. The number of hydrogen-bond acceptors (Lipinski definition) is 6. The van der Waals surface area contributed by atoms with Gasteiger partial charge in [-0.3, -0.25) is 9.36 Å². The molecule has 0 spiro atoms. The molecule has 0 N–H and O–H groups in total. The van der Waals surface area contributed by atoms with Crippen LogP contribution in [0, 0.1) is 5.82 Å². The molecular formula is C25H27FN4O3S. The van der Waals surface area contributed by atoms with Crippen LogP contribution < -0.4 is 0 Å². The SMILES string of the molecule is CCOC(=O)[C@@H]1CCCCN1C(=O)CSc1nnc(-c2ccc(F)cc2)n1Cc1ccccc1. The van der Waals surface area contributed by atoms with Gasteiger partial charge in [-0.15, -0.1) is 10.2 Å². The first-order chi connectivity index (χ1) is 16.6. The van der Waals surface area contributed by atoms with E-state index in [2.05, 4.69) is 10.2 Å². The van der Waals surface area contributed by atoms with Gasteiger partial charge in [-0.25, -0.2) is 9.18 Å². The Morgan fingerprint density at radius 3 is 2.59 bits per heavy atom. The van der Waals surface area contributed by atoms with Crippen LogP contribution in [-0.4, -0.2) is 56.5 Å². The number of ether oxygens (including phenoxy) is 1. The van der Waals surface area contributed by atoms with Crippen molar-refractivity contribution in [1.82, 2.24) is 19.7 Å². The van der Waals surface area contributed by atoms with Crippen molar-refractivity contribution in [1.29, 1.82) is 0 Å². The van der Waals surface area contributed by atoms with Crippen molar-refractivity contribution in [2.75, 3.05) is 18.9 Å². The Bertz CT molecular complexity index is 1120. The summed E-state index contributed by atoms with van der Waals surface area (Å²) in [5.74, 6) is -0.0599. The van der Waals surface area contributed by atoms with Crippen molar-refractivity contribution < 1.29 is 18.7 Å². The maximum absolute atomic E-state index is 13.5.